The van der Waals surface area contributed by atoms with E-state index in [1.165, 1.54) is 0 Å². The van der Waals surface area contributed by atoms with Crippen LogP contribution < -0.4 is 0 Å². The fourth-order valence-electron chi connectivity index (χ4n) is 5.94. The predicted octanol–water partition coefficient (Wildman–Crippen LogP) is -1.06. The second-order valence-corrected chi connectivity index (χ2v) is 9.35. The van der Waals surface area contributed by atoms with Crippen molar-refractivity contribution >= 4 is 5.97 Å². The van der Waals surface area contributed by atoms with Crippen LogP contribution in [0.15, 0.2) is 12.2 Å². The van der Waals surface area contributed by atoms with Crippen molar-refractivity contribution in [2.45, 2.75) is 75.7 Å². The Morgan fingerprint density at radius 2 is 1.80 bits per heavy atom. The number of aliphatic hydroxyl groups excluding tert-OH is 5. The molecule has 2 aliphatic heterocycles. The van der Waals surface area contributed by atoms with Gasteiger partial charge in [0, 0.05) is 11.8 Å². The van der Waals surface area contributed by atoms with Crippen LogP contribution in [0.3, 0.4) is 0 Å². The maximum absolute atomic E-state index is 12.2. The first-order valence-electron chi connectivity index (χ1n) is 10.7. The molecule has 2 saturated heterocycles. The van der Waals surface area contributed by atoms with Crippen LogP contribution in [-0.4, -0.2) is 87.1 Å². The molecule has 30 heavy (non-hydrogen) atoms. The first-order chi connectivity index (χ1) is 14.1. The van der Waals surface area contributed by atoms with Crippen LogP contribution in [0.25, 0.3) is 0 Å². The minimum atomic E-state index is -1.51. The quantitative estimate of drug-likeness (QED) is 0.280. The number of carbonyl (C=O) groups excluding carboxylic acids is 1. The fourth-order valence-corrected chi connectivity index (χ4v) is 5.94. The minimum absolute atomic E-state index is 0.0300. The average Bonchev–Trinajstić information content (AvgIpc) is 3.15. The molecule has 0 bridgehead atoms. The van der Waals surface area contributed by atoms with Crippen molar-refractivity contribution < 1.29 is 44.5 Å². The van der Waals surface area contributed by atoms with Gasteiger partial charge in [0.1, 0.15) is 30.5 Å². The van der Waals surface area contributed by atoms with Crippen molar-refractivity contribution in [2.75, 3.05) is 6.61 Å². The molecule has 4 rings (SSSR count). The van der Waals surface area contributed by atoms with Gasteiger partial charge in [-0.1, -0.05) is 26.0 Å². The normalized spacial score (nSPS) is 53.8. The van der Waals surface area contributed by atoms with Crippen molar-refractivity contribution in [3.63, 3.8) is 0 Å². The second kappa shape index (κ2) is 8.12. The van der Waals surface area contributed by atoms with Crippen LogP contribution in [0.2, 0.25) is 0 Å². The molecule has 0 aromatic rings. The lowest BCUT2D eigenvalue weighted by atomic mass is 9.77. The first kappa shape index (κ1) is 22.1. The molecule has 0 aromatic heterocycles. The van der Waals surface area contributed by atoms with E-state index in [9.17, 15) is 30.3 Å². The van der Waals surface area contributed by atoms with E-state index in [4.69, 9.17) is 14.2 Å². The summed E-state index contributed by atoms with van der Waals surface area (Å²) in [6, 6.07) is 0. The third-order valence-electron chi connectivity index (χ3n) is 7.70. The Kier molecular flexibility index (Phi) is 6.00. The highest BCUT2D eigenvalue weighted by Gasteiger charge is 2.59. The van der Waals surface area contributed by atoms with Crippen LogP contribution in [-0.2, 0) is 19.0 Å². The molecule has 0 aromatic carbocycles. The molecule has 4 aliphatic rings. The highest BCUT2D eigenvalue weighted by atomic mass is 16.7. The van der Waals surface area contributed by atoms with E-state index in [1.54, 1.807) is 6.92 Å². The topological polar surface area (TPSA) is 146 Å². The molecule has 5 N–H and O–H groups in total. The van der Waals surface area contributed by atoms with Crippen molar-refractivity contribution in [2.24, 2.45) is 29.6 Å². The van der Waals surface area contributed by atoms with Gasteiger partial charge in [-0.25, -0.2) is 0 Å². The predicted molar refractivity (Wildman–Crippen MR) is 102 cm³/mol. The summed E-state index contributed by atoms with van der Waals surface area (Å²) < 4.78 is 17.2. The molecule has 4 fully saturated rings. The number of rotatable bonds is 3. The van der Waals surface area contributed by atoms with Gasteiger partial charge in [-0.3, -0.25) is 4.79 Å². The number of hydrogen-bond donors (Lipinski definition) is 5. The summed E-state index contributed by atoms with van der Waals surface area (Å²) in [5.74, 6) is -1.23. The van der Waals surface area contributed by atoms with Gasteiger partial charge in [-0.05, 0) is 24.7 Å². The molecule has 0 radical (unpaired) electrons. The standard InChI is InChI=1S/C21H32O9/c1-7-4-11(23)15-9(3)20(27)30-19(15)14-8(2)12(5-10(7)14)28-21-18(26)17(25)16(24)13(6-22)29-21/h8-19,21-26H,1,4-6H2,2-3H3/t8-,9+,10+,11-,12+,13-,14+,15-,16-,17+,18-,19-,21-/m1/s1. The number of esters is 1. The monoisotopic (exact) mass is 428 g/mol. The van der Waals surface area contributed by atoms with Gasteiger partial charge in [-0.2, -0.15) is 0 Å². The molecule has 13 atom stereocenters. The molecular formula is C21H32O9. The molecular weight excluding hydrogens is 396 g/mol. The zero-order valence-electron chi connectivity index (χ0n) is 17.2. The highest BCUT2D eigenvalue weighted by molar-refractivity contribution is 5.75. The minimum Gasteiger partial charge on any atom is -0.461 e. The maximum Gasteiger partial charge on any atom is 0.309 e. The summed E-state index contributed by atoms with van der Waals surface area (Å²) in [4.78, 5) is 12.2. The third-order valence-corrected chi connectivity index (χ3v) is 7.70. The first-order valence-corrected chi connectivity index (χ1v) is 10.7. The van der Waals surface area contributed by atoms with E-state index in [0.717, 1.165) is 5.57 Å². The number of aliphatic hydroxyl groups is 5. The maximum atomic E-state index is 12.2. The summed E-state index contributed by atoms with van der Waals surface area (Å²) in [6.45, 7) is 7.40. The lowest BCUT2D eigenvalue weighted by molar-refractivity contribution is -0.313. The fraction of sp³-hybridized carbons (Fsp3) is 0.857. The molecule has 2 heterocycles. The van der Waals surface area contributed by atoms with Gasteiger partial charge in [0.2, 0.25) is 0 Å². The molecule has 9 heteroatoms. The number of ether oxygens (including phenoxy) is 3. The van der Waals surface area contributed by atoms with E-state index in [1.807, 2.05) is 6.92 Å². The molecule has 2 saturated carbocycles. The number of carbonyl (C=O) groups is 1. The van der Waals surface area contributed by atoms with Crippen molar-refractivity contribution in [1.82, 2.24) is 0 Å². The van der Waals surface area contributed by atoms with Gasteiger partial charge >= 0.3 is 5.97 Å². The summed E-state index contributed by atoms with van der Waals surface area (Å²) in [7, 11) is 0. The van der Waals surface area contributed by atoms with Crippen molar-refractivity contribution in [1.29, 1.82) is 0 Å². The van der Waals surface area contributed by atoms with E-state index in [0.29, 0.717) is 12.8 Å². The van der Waals surface area contributed by atoms with Crippen molar-refractivity contribution in [3.8, 4) is 0 Å². The van der Waals surface area contributed by atoms with Crippen LogP contribution in [0, 0.1) is 29.6 Å². The van der Waals surface area contributed by atoms with Gasteiger partial charge < -0.3 is 39.7 Å². The molecule has 0 unspecified atom stereocenters. The SMILES string of the molecule is C=C1C[C@@H](O)[C@@H]2[C@H](OC(=O)[C@H]2C)[C@H]2[C@H](C)[C@@H](O[C@@H]3O[C@H](CO)[C@@H](O)[C@H](O)[C@H]3O)C[C@@H]12. The number of hydrogen-bond acceptors (Lipinski definition) is 9. The van der Waals surface area contributed by atoms with Crippen LogP contribution in [0.5, 0.6) is 0 Å². The molecule has 170 valence electrons. The average molecular weight is 428 g/mol. The Hall–Kier alpha value is -1.07. The smallest absolute Gasteiger partial charge is 0.309 e. The van der Waals surface area contributed by atoms with Crippen LogP contribution in [0.4, 0.5) is 0 Å². The number of fused-ring (bicyclic) bond motifs is 3. The van der Waals surface area contributed by atoms with E-state index < -0.39 is 55.4 Å². The Bertz CT molecular complexity index is 681. The summed E-state index contributed by atoms with van der Waals surface area (Å²) in [6.07, 6.45) is -7.25. The Balaban J connectivity index is 1.54. The van der Waals surface area contributed by atoms with E-state index in [-0.39, 0.29) is 35.7 Å². The van der Waals surface area contributed by atoms with Gasteiger partial charge in [0.15, 0.2) is 6.29 Å². The van der Waals surface area contributed by atoms with E-state index in [2.05, 4.69) is 6.58 Å². The molecule has 0 spiro atoms. The van der Waals surface area contributed by atoms with Gasteiger partial charge in [-0.15, -0.1) is 0 Å². The van der Waals surface area contributed by atoms with Gasteiger partial charge in [0.25, 0.3) is 0 Å². The highest BCUT2D eigenvalue weighted by Crippen LogP contribution is 2.53. The van der Waals surface area contributed by atoms with Gasteiger partial charge in [0.05, 0.1) is 24.7 Å². The zero-order chi connectivity index (χ0) is 21.9. The summed E-state index contributed by atoms with van der Waals surface area (Å²) >= 11 is 0. The molecule has 2 aliphatic carbocycles. The Morgan fingerprint density at radius 3 is 2.47 bits per heavy atom. The lowest BCUT2D eigenvalue weighted by Crippen LogP contribution is -2.59. The molecule has 0 amide bonds. The van der Waals surface area contributed by atoms with E-state index >= 15 is 0 Å². The van der Waals surface area contributed by atoms with Crippen LogP contribution >= 0.6 is 0 Å². The summed E-state index contributed by atoms with van der Waals surface area (Å²) in [5.41, 5.74) is 0.886. The third kappa shape index (κ3) is 3.40. The van der Waals surface area contributed by atoms with Crippen molar-refractivity contribution in [3.05, 3.63) is 12.2 Å². The lowest BCUT2D eigenvalue weighted by Gasteiger charge is -2.41. The Labute approximate surface area is 175 Å². The van der Waals surface area contributed by atoms with Crippen LogP contribution in [0.1, 0.15) is 26.7 Å². The second-order valence-electron chi connectivity index (χ2n) is 9.35. The molecule has 9 nitrogen and oxygen atoms in total. The largest absolute Gasteiger partial charge is 0.461 e. The Morgan fingerprint density at radius 1 is 1.10 bits per heavy atom. The zero-order valence-corrected chi connectivity index (χ0v) is 17.2. The summed E-state index contributed by atoms with van der Waals surface area (Å²) in [5, 5.41) is 50.4.